The number of fused-ring (bicyclic) bond motifs is 2. The molecule has 97 heavy (non-hydrogen) atoms. The molecular formula is C66H94Cl2N7NaO18S3. The Morgan fingerprint density at radius 3 is 1.23 bits per heavy atom. The summed E-state index contributed by atoms with van der Waals surface area (Å²) in [5.74, 6) is 0.0618. The van der Waals surface area contributed by atoms with E-state index in [0.29, 0.717) is 117 Å². The van der Waals surface area contributed by atoms with Gasteiger partial charge in [0.15, 0.2) is 0 Å². The van der Waals surface area contributed by atoms with Crippen LogP contribution < -0.4 is 55.3 Å². The van der Waals surface area contributed by atoms with E-state index in [1.165, 1.54) is 34.8 Å². The molecule has 25 nitrogen and oxygen atoms in total. The Hall–Kier alpha value is -5.83. The number of nitriles is 2. The van der Waals surface area contributed by atoms with E-state index >= 15 is 0 Å². The molecule has 0 saturated heterocycles. The summed E-state index contributed by atoms with van der Waals surface area (Å²) in [6, 6.07) is 19.3. The van der Waals surface area contributed by atoms with E-state index in [9.17, 15) is 39.6 Å². The average Bonchev–Trinajstić information content (AvgIpc) is 2.09. The normalized spacial score (nSPS) is 11.3. The van der Waals surface area contributed by atoms with Crippen molar-refractivity contribution in [1.82, 2.24) is 16.0 Å². The molecule has 4 aromatic rings. The van der Waals surface area contributed by atoms with Crippen LogP contribution in [0.15, 0.2) is 59.7 Å². The first kappa shape index (κ1) is 89.2. The van der Waals surface area contributed by atoms with E-state index in [0.717, 1.165) is 92.7 Å². The summed E-state index contributed by atoms with van der Waals surface area (Å²) in [6.07, 6.45) is 10.5. The number of aliphatic hydroxyl groups is 1. The van der Waals surface area contributed by atoms with Gasteiger partial charge in [-0.05, 0) is 133 Å². The minimum atomic E-state index is -3.11. The van der Waals surface area contributed by atoms with Gasteiger partial charge < -0.3 is 80.4 Å². The van der Waals surface area contributed by atoms with Gasteiger partial charge in [-0.1, -0.05) is 37.8 Å². The third-order valence-corrected chi connectivity index (χ3v) is 15.2. The number of carbonyl (C=O) groups is 5. The van der Waals surface area contributed by atoms with Crippen LogP contribution in [-0.4, -0.2) is 196 Å². The molecule has 4 N–H and O–H groups in total. The maximum atomic E-state index is 12.5. The molecule has 0 fully saturated rings. The van der Waals surface area contributed by atoms with E-state index in [4.69, 9.17) is 78.5 Å². The first-order chi connectivity index (χ1) is 45.9. The maximum Gasteiger partial charge on any atom is 1.00 e. The summed E-state index contributed by atoms with van der Waals surface area (Å²) in [6.45, 7) is 20.9. The van der Waals surface area contributed by atoms with Gasteiger partial charge >= 0.3 is 70.4 Å². The van der Waals surface area contributed by atoms with Crippen LogP contribution in [0.3, 0.4) is 0 Å². The number of unbranched alkanes of at least 4 members (excludes halogenated alkanes) is 6. The predicted octanol–water partition coefficient (Wildman–Crippen LogP) is 7.97. The monoisotopic (exact) mass is 1460 g/mol. The van der Waals surface area contributed by atoms with Crippen LogP contribution in [0.2, 0.25) is 0 Å². The van der Waals surface area contributed by atoms with Gasteiger partial charge in [-0.25, -0.2) is 24.0 Å². The van der Waals surface area contributed by atoms with E-state index in [1.54, 1.807) is 41.5 Å². The van der Waals surface area contributed by atoms with Crippen LogP contribution in [0.4, 0.5) is 25.8 Å². The minimum Gasteiger partial charge on any atom is -0.456 e. The minimum absolute atomic E-state index is 0. The Kier molecular flexibility index (Phi) is 48.8. The largest absolute Gasteiger partial charge is 1.00 e. The molecule has 0 spiro atoms. The number of nitrogens with one attached hydrogen (secondary N) is 3. The van der Waals surface area contributed by atoms with Gasteiger partial charge in [-0.2, -0.15) is 16.9 Å². The molecule has 3 amide bonds. The summed E-state index contributed by atoms with van der Waals surface area (Å²) in [7, 11) is -3.11. The molecule has 2 aromatic heterocycles. The van der Waals surface area contributed by atoms with Gasteiger partial charge in [0, 0.05) is 75.1 Å². The second-order valence-corrected chi connectivity index (χ2v) is 26.1. The number of alkyl carbamates (subject to hydrolysis) is 3. The van der Waals surface area contributed by atoms with Crippen molar-refractivity contribution in [3.05, 3.63) is 76.4 Å². The Labute approximate surface area is 612 Å². The Morgan fingerprint density at radius 2 is 0.887 bits per heavy atom. The zero-order chi connectivity index (χ0) is 71.0. The maximum absolute atomic E-state index is 12.5. The first-order valence-corrected chi connectivity index (χ1v) is 35.2. The summed E-state index contributed by atoms with van der Waals surface area (Å²) >= 11 is 14.2. The number of hydrogen-bond donors (Lipinski definition) is 4. The Bertz CT molecular complexity index is 3220. The summed E-state index contributed by atoms with van der Waals surface area (Å²) in [5, 5.41) is 38.4. The molecule has 534 valence electrons. The van der Waals surface area contributed by atoms with Crippen molar-refractivity contribution >= 4 is 130 Å². The van der Waals surface area contributed by atoms with Crippen LogP contribution in [0.25, 0.3) is 32.3 Å². The van der Waals surface area contributed by atoms with Crippen LogP contribution in [0.1, 0.15) is 109 Å². The number of carbonyl (C=O) groups excluding carboxylic acids is 5. The molecule has 0 bridgehead atoms. The number of aliphatic hydroxyl groups excluding tert-OH is 1. The zero-order valence-electron chi connectivity index (χ0n) is 56.9. The van der Waals surface area contributed by atoms with Crippen molar-refractivity contribution in [2.45, 2.75) is 111 Å². The quantitative estimate of drug-likeness (QED) is 0.00477. The number of anilines is 2. The van der Waals surface area contributed by atoms with Crippen LogP contribution >= 0.6 is 45.9 Å². The number of hydrogen-bond acceptors (Lipinski definition) is 24. The van der Waals surface area contributed by atoms with E-state index in [-0.39, 0.29) is 67.1 Å². The summed E-state index contributed by atoms with van der Waals surface area (Å²) < 4.78 is 75.9. The van der Waals surface area contributed by atoms with Gasteiger partial charge in [0.25, 0.3) is 0 Å². The first-order valence-electron chi connectivity index (χ1n) is 31.5. The number of halogens is 2. The third kappa shape index (κ3) is 43.3. The fraction of sp³-hybridized carbons (Fsp3) is 0.576. The molecule has 0 aliphatic heterocycles. The molecular weight excluding hydrogens is 1370 g/mol. The molecule has 0 radical (unpaired) electrons. The second-order valence-electron chi connectivity index (χ2n) is 22.7. The second kappa shape index (κ2) is 53.1. The molecule has 2 heterocycles. The molecule has 0 unspecified atom stereocenters. The SMILES string of the molecule is CC(C)(C)OC(=O)/C(C#N)=C/c1cc2ccc(N(CCO)CCOC(=O)NCCOCCOCCCCCCCl)cc2s1.O=S(=O)=O.[CH2-]CCNC(=O)OCCN(CCOC(=O)NCCOCCOCCCCCCCl)c1ccc2cc(/C=C(\C#N)C(=O)OC(C)(C)C)sc2c1.[Na+]. The Morgan fingerprint density at radius 1 is 0.536 bits per heavy atom. The predicted molar refractivity (Wildman–Crippen MR) is 373 cm³/mol. The number of ether oxygens (including phenoxy) is 9. The molecule has 0 atom stereocenters. The van der Waals surface area contributed by atoms with Crippen molar-refractivity contribution in [2.24, 2.45) is 0 Å². The number of esters is 2. The van der Waals surface area contributed by atoms with Crippen LogP contribution in [-0.2, 0) is 62.8 Å². The molecule has 4 rings (SSSR count). The van der Waals surface area contributed by atoms with Gasteiger partial charge in [0.05, 0.1) is 65.9 Å². The fourth-order valence-corrected chi connectivity index (χ4v) is 10.6. The van der Waals surface area contributed by atoms with Crippen molar-refractivity contribution in [3.63, 3.8) is 0 Å². The van der Waals surface area contributed by atoms with E-state index in [2.05, 4.69) is 22.9 Å². The fourth-order valence-electron chi connectivity index (χ4n) is 8.19. The molecule has 0 aliphatic rings. The standard InChI is InChI=1S/C35H50ClN4O8S.C31H44ClN3O7S.Na.O3S/c1-5-13-38-33(42)46-19-15-40(16-20-47-34(43)39-14-18-45-22-21-44-17-9-7-6-8-12-36)29-11-10-27-23-30(49-31(27)25-29)24-28(26-37)32(41)48-35(2,3)4;1-31(2,3)42-29(37)25(23-33)21-27-20-24-8-9-26(22-28(24)43-27)35(12-14-36)13-17-41-30(38)34-11-16-40-19-18-39-15-7-5-4-6-10-32;;1-4(2)3/h10-11,23-25H,1,5-9,12-22H2,2-4H3,(H,38,42)(H,39,43);8-9,20-22,36H,4-7,10-19H2,1-3H3,(H,34,38);;/q-1;;+1;/b28-24+;25-21+;;. The topological polar surface area (TPSA) is 330 Å². The van der Waals surface area contributed by atoms with Crippen molar-refractivity contribution < 1.29 is 114 Å². The number of amides is 3. The molecule has 31 heteroatoms. The average molecular weight is 1460 g/mol. The van der Waals surface area contributed by atoms with Crippen molar-refractivity contribution in [2.75, 3.05) is 147 Å². The van der Waals surface area contributed by atoms with E-state index in [1.807, 2.05) is 70.5 Å². The number of nitrogens with zero attached hydrogens (tertiary/aromatic N) is 4. The van der Waals surface area contributed by atoms with E-state index < -0.39 is 52.0 Å². The number of rotatable bonds is 43. The van der Waals surface area contributed by atoms with Crippen molar-refractivity contribution in [3.8, 4) is 12.1 Å². The zero-order valence-corrected chi connectivity index (χ0v) is 62.8. The Balaban J connectivity index is 0.000000916. The van der Waals surface area contributed by atoms with Gasteiger partial charge in [-0.15, -0.1) is 58.5 Å². The summed E-state index contributed by atoms with van der Waals surface area (Å²) in [4.78, 5) is 66.4. The number of benzene rings is 2. The van der Waals surface area contributed by atoms with Gasteiger partial charge in [0.2, 0.25) is 0 Å². The molecule has 2 aromatic carbocycles. The van der Waals surface area contributed by atoms with Crippen molar-refractivity contribution in [1.29, 1.82) is 10.5 Å². The van der Waals surface area contributed by atoms with Crippen LogP contribution in [0, 0.1) is 29.6 Å². The smallest absolute Gasteiger partial charge is 0.456 e. The molecule has 0 aliphatic carbocycles. The number of alkyl halides is 2. The third-order valence-electron chi connectivity index (χ3n) is 12.5. The van der Waals surface area contributed by atoms with Crippen LogP contribution in [0.5, 0.6) is 0 Å². The summed E-state index contributed by atoms with van der Waals surface area (Å²) in [5.41, 5.74) is 0.0856. The van der Waals surface area contributed by atoms with Gasteiger partial charge in [-0.3, -0.25) is 0 Å². The number of thiophene rings is 2. The van der Waals surface area contributed by atoms with Gasteiger partial charge in [0.1, 0.15) is 54.3 Å². The molecule has 0 saturated carbocycles.